The van der Waals surface area contributed by atoms with Crippen LogP contribution in [0.4, 0.5) is 0 Å². The molecular formula is C12H22N2O4. The summed E-state index contributed by atoms with van der Waals surface area (Å²) in [5, 5.41) is 32.6. The van der Waals surface area contributed by atoms with E-state index >= 15 is 0 Å². The van der Waals surface area contributed by atoms with Gasteiger partial charge in [-0.2, -0.15) is 0 Å². The van der Waals surface area contributed by atoms with Crippen molar-refractivity contribution in [2.75, 3.05) is 13.1 Å². The van der Waals surface area contributed by atoms with E-state index in [4.69, 9.17) is 0 Å². The fourth-order valence-corrected chi connectivity index (χ4v) is 2.96. The van der Waals surface area contributed by atoms with E-state index in [0.717, 1.165) is 6.42 Å². The summed E-state index contributed by atoms with van der Waals surface area (Å²) in [5.41, 5.74) is 0. The van der Waals surface area contributed by atoms with Crippen molar-refractivity contribution in [3.05, 3.63) is 0 Å². The maximum absolute atomic E-state index is 11.5. The summed E-state index contributed by atoms with van der Waals surface area (Å²) in [6, 6.07) is -0.861. The molecule has 18 heavy (non-hydrogen) atoms. The number of amides is 1. The second kappa shape index (κ2) is 5.52. The van der Waals surface area contributed by atoms with Gasteiger partial charge in [-0.25, -0.2) is 0 Å². The van der Waals surface area contributed by atoms with Crippen LogP contribution in [0, 0.1) is 0 Å². The molecule has 104 valence electrons. The molecule has 2 heterocycles. The average molecular weight is 258 g/mol. The Bertz CT molecular complexity index is 312. The topological polar surface area (TPSA) is 93.0 Å². The van der Waals surface area contributed by atoms with Gasteiger partial charge in [0, 0.05) is 19.5 Å². The number of nitrogens with zero attached hydrogens (tertiary/aromatic N) is 1. The minimum atomic E-state index is -1.01. The van der Waals surface area contributed by atoms with E-state index in [2.05, 4.69) is 5.32 Å². The van der Waals surface area contributed by atoms with E-state index in [1.807, 2.05) is 11.8 Å². The van der Waals surface area contributed by atoms with Crippen LogP contribution >= 0.6 is 0 Å². The summed E-state index contributed by atoms with van der Waals surface area (Å²) < 4.78 is 0. The van der Waals surface area contributed by atoms with Crippen molar-refractivity contribution in [1.29, 1.82) is 0 Å². The van der Waals surface area contributed by atoms with Crippen LogP contribution in [0.1, 0.15) is 26.2 Å². The largest absolute Gasteiger partial charge is 0.391 e. The molecule has 6 heteroatoms. The van der Waals surface area contributed by atoms with Gasteiger partial charge < -0.3 is 20.6 Å². The van der Waals surface area contributed by atoms with E-state index in [0.29, 0.717) is 25.9 Å². The predicted molar refractivity (Wildman–Crippen MR) is 64.8 cm³/mol. The SMILES string of the molecule is CCCC(=O)NC1CN2CCC(O)C2C(O)C1O. The number of carbonyl (C=O) groups is 1. The summed E-state index contributed by atoms with van der Waals surface area (Å²) >= 11 is 0. The van der Waals surface area contributed by atoms with Crippen molar-refractivity contribution < 1.29 is 20.1 Å². The molecule has 4 N–H and O–H groups in total. The highest BCUT2D eigenvalue weighted by molar-refractivity contribution is 5.76. The molecule has 0 aromatic rings. The standard InChI is InChI=1S/C12H22N2O4/c1-2-3-9(16)13-7-6-14-5-4-8(15)10(14)12(18)11(7)17/h7-8,10-12,15,17-18H,2-6H2,1H3,(H,13,16). The molecule has 5 atom stereocenters. The molecule has 5 unspecified atom stereocenters. The van der Waals surface area contributed by atoms with Crippen molar-refractivity contribution in [3.63, 3.8) is 0 Å². The lowest BCUT2D eigenvalue weighted by Crippen LogP contribution is -2.65. The fraction of sp³-hybridized carbons (Fsp3) is 0.917. The van der Waals surface area contributed by atoms with E-state index in [-0.39, 0.29) is 5.91 Å². The molecule has 0 aliphatic carbocycles. The first-order valence-electron chi connectivity index (χ1n) is 6.62. The van der Waals surface area contributed by atoms with Gasteiger partial charge in [0.1, 0.15) is 6.10 Å². The molecule has 1 amide bonds. The van der Waals surface area contributed by atoms with Crippen LogP contribution < -0.4 is 5.32 Å². The summed E-state index contributed by atoms with van der Waals surface area (Å²) in [4.78, 5) is 13.5. The van der Waals surface area contributed by atoms with Gasteiger partial charge in [0.2, 0.25) is 5.91 Å². The van der Waals surface area contributed by atoms with Crippen LogP contribution in [0.3, 0.4) is 0 Å². The molecule has 0 aromatic carbocycles. The number of hydrogen-bond acceptors (Lipinski definition) is 5. The molecule has 0 radical (unpaired) electrons. The molecule has 2 rings (SSSR count). The molecular weight excluding hydrogens is 236 g/mol. The normalized spacial score (nSPS) is 40.6. The highest BCUT2D eigenvalue weighted by Gasteiger charge is 2.48. The number of rotatable bonds is 3. The molecule has 0 aromatic heterocycles. The number of fused-ring (bicyclic) bond motifs is 1. The molecule has 0 spiro atoms. The zero-order valence-corrected chi connectivity index (χ0v) is 10.6. The van der Waals surface area contributed by atoms with Gasteiger partial charge in [-0.05, 0) is 12.8 Å². The molecule has 2 saturated heterocycles. The molecule has 6 nitrogen and oxygen atoms in total. The van der Waals surface area contributed by atoms with Crippen LogP contribution in [0.5, 0.6) is 0 Å². The Morgan fingerprint density at radius 1 is 1.33 bits per heavy atom. The average Bonchev–Trinajstić information content (AvgIpc) is 2.67. The van der Waals surface area contributed by atoms with Gasteiger partial charge >= 0.3 is 0 Å². The number of aliphatic hydroxyl groups excluding tert-OH is 3. The van der Waals surface area contributed by atoms with Crippen molar-refractivity contribution in [1.82, 2.24) is 10.2 Å². The Labute approximate surface area is 107 Å². The fourth-order valence-electron chi connectivity index (χ4n) is 2.96. The zero-order chi connectivity index (χ0) is 13.3. The van der Waals surface area contributed by atoms with Gasteiger partial charge in [-0.1, -0.05) is 6.92 Å². The van der Waals surface area contributed by atoms with Crippen molar-refractivity contribution in [3.8, 4) is 0 Å². The minimum absolute atomic E-state index is 0.105. The van der Waals surface area contributed by atoms with Crippen LogP contribution in [-0.2, 0) is 4.79 Å². The van der Waals surface area contributed by atoms with Crippen LogP contribution in [0.2, 0.25) is 0 Å². The van der Waals surface area contributed by atoms with Crippen LogP contribution in [0.25, 0.3) is 0 Å². The first kappa shape index (κ1) is 13.7. The van der Waals surface area contributed by atoms with Gasteiger partial charge in [0.05, 0.1) is 24.3 Å². The predicted octanol–water partition coefficient (Wildman–Crippen LogP) is -1.56. The Hall–Kier alpha value is -0.690. The number of nitrogens with one attached hydrogen (secondary N) is 1. The summed E-state index contributed by atoms with van der Waals surface area (Å²) in [6.07, 6.45) is -0.845. The van der Waals surface area contributed by atoms with E-state index in [9.17, 15) is 20.1 Å². The number of carbonyl (C=O) groups excluding carboxylic acids is 1. The van der Waals surface area contributed by atoms with Gasteiger partial charge in [-0.3, -0.25) is 9.69 Å². The highest BCUT2D eigenvalue weighted by atomic mass is 16.3. The third-order valence-corrected chi connectivity index (χ3v) is 3.89. The number of piperidine rings is 1. The van der Waals surface area contributed by atoms with Gasteiger partial charge in [-0.15, -0.1) is 0 Å². The van der Waals surface area contributed by atoms with Crippen LogP contribution in [-0.4, -0.2) is 69.6 Å². The molecule has 2 aliphatic rings. The summed E-state index contributed by atoms with van der Waals surface area (Å²) in [6.45, 7) is 3.09. The first-order chi connectivity index (χ1) is 8.54. The Kier molecular flexibility index (Phi) is 4.21. The second-order valence-electron chi connectivity index (χ2n) is 5.25. The molecule has 0 bridgehead atoms. The second-order valence-corrected chi connectivity index (χ2v) is 5.25. The maximum Gasteiger partial charge on any atom is 0.220 e. The Morgan fingerprint density at radius 2 is 2.06 bits per heavy atom. The third-order valence-electron chi connectivity index (χ3n) is 3.89. The van der Waals surface area contributed by atoms with E-state index in [1.165, 1.54) is 0 Å². The molecule has 0 saturated carbocycles. The highest BCUT2D eigenvalue weighted by Crippen LogP contribution is 2.28. The summed E-state index contributed by atoms with van der Waals surface area (Å²) in [5.74, 6) is -0.105. The number of aliphatic hydroxyl groups is 3. The number of hydrogen-bond donors (Lipinski definition) is 4. The van der Waals surface area contributed by atoms with Gasteiger partial charge in [0.15, 0.2) is 0 Å². The van der Waals surface area contributed by atoms with Crippen LogP contribution in [0.15, 0.2) is 0 Å². The van der Waals surface area contributed by atoms with E-state index in [1.54, 1.807) is 0 Å². The lowest BCUT2D eigenvalue weighted by molar-refractivity contribution is -0.129. The minimum Gasteiger partial charge on any atom is -0.391 e. The molecule has 2 fully saturated rings. The third kappa shape index (κ3) is 2.51. The summed E-state index contributed by atoms with van der Waals surface area (Å²) in [7, 11) is 0. The van der Waals surface area contributed by atoms with E-state index < -0.39 is 30.4 Å². The molecule has 2 aliphatic heterocycles. The van der Waals surface area contributed by atoms with Crippen molar-refractivity contribution in [2.45, 2.75) is 56.6 Å². The maximum atomic E-state index is 11.5. The quantitative estimate of drug-likeness (QED) is 0.491. The van der Waals surface area contributed by atoms with Gasteiger partial charge in [0.25, 0.3) is 0 Å². The Morgan fingerprint density at radius 3 is 2.72 bits per heavy atom. The Balaban J connectivity index is 2.00. The lowest BCUT2D eigenvalue weighted by Gasteiger charge is -2.43. The zero-order valence-electron chi connectivity index (χ0n) is 10.6. The smallest absolute Gasteiger partial charge is 0.220 e. The monoisotopic (exact) mass is 258 g/mol. The first-order valence-corrected chi connectivity index (χ1v) is 6.62. The van der Waals surface area contributed by atoms with Crippen molar-refractivity contribution in [2.24, 2.45) is 0 Å². The lowest BCUT2D eigenvalue weighted by atomic mass is 9.91. The van der Waals surface area contributed by atoms with Crippen molar-refractivity contribution >= 4 is 5.91 Å².